The number of H-pyrrole nitrogens is 1. The Bertz CT molecular complexity index is 761. The lowest BCUT2D eigenvalue weighted by Gasteiger charge is -2.03. The Morgan fingerprint density at radius 3 is 2.41 bits per heavy atom. The summed E-state index contributed by atoms with van der Waals surface area (Å²) in [5, 5.41) is 6.83. The van der Waals surface area contributed by atoms with Crippen molar-refractivity contribution < 1.29 is 9.53 Å². The molecule has 1 heterocycles. The van der Waals surface area contributed by atoms with Gasteiger partial charge in [-0.1, -0.05) is 54.6 Å². The van der Waals surface area contributed by atoms with Gasteiger partial charge in [0.05, 0.1) is 12.8 Å². The zero-order valence-corrected chi connectivity index (χ0v) is 12.2. The minimum atomic E-state index is -0.417. The van der Waals surface area contributed by atoms with Crippen molar-refractivity contribution in [3.63, 3.8) is 0 Å². The number of aromatic nitrogens is 2. The first-order valence-corrected chi connectivity index (χ1v) is 7.03. The number of carbonyl (C=O) groups excluding carboxylic acids is 1. The van der Waals surface area contributed by atoms with Gasteiger partial charge in [0.25, 0.3) is 0 Å². The Balaban J connectivity index is 1.76. The lowest BCUT2D eigenvalue weighted by Crippen LogP contribution is -2.00. The van der Waals surface area contributed by atoms with Crippen LogP contribution in [-0.4, -0.2) is 23.3 Å². The highest BCUT2D eigenvalue weighted by molar-refractivity contribution is 5.88. The fraction of sp³-hybridized carbons (Fsp3) is 0.111. The molecular formula is C18H16N2O2. The summed E-state index contributed by atoms with van der Waals surface area (Å²) >= 11 is 0. The number of aromatic amines is 1. The molecule has 3 aromatic rings. The third-order valence-corrected chi connectivity index (χ3v) is 3.48. The topological polar surface area (TPSA) is 55.0 Å². The molecular weight excluding hydrogens is 276 g/mol. The zero-order valence-electron chi connectivity index (χ0n) is 12.2. The maximum Gasteiger partial charge on any atom is 0.356 e. The molecule has 0 radical (unpaired) electrons. The molecule has 0 aliphatic rings. The summed E-state index contributed by atoms with van der Waals surface area (Å²) in [5.41, 5.74) is 4.56. The van der Waals surface area contributed by atoms with Crippen molar-refractivity contribution in [2.75, 3.05) is 7.11 Å². The molecule has 0 aliphatic carbocycles. The second-order valence-corrected chi connectivity index (χ2v) is 5.02. The Hall–Kier alpha value is -2.88. The van der Waals surface area contributed by atoms with Gasteiger partial charge in [-0.2, -0.15) is 5.10 Å². The molecule has 0 bridgehead atoms. The number of benzene rings is 2. The lowest BCUT2D eigenvalue weighted by molar-refractivity contribution is 0.0594. The van der Waals surface area contributed by atoms with Crippen molar-refractivity contribution in [3.05, 3.63) is 77.5 Å². The lowest BCUT2D eigenvalue weighted by atomic mass is 10.0. The standard InChI is InChI=1S/C18H16N2O2/c1-22-18(21)17-12-16(19-20-17)15-9-7-14(8-10-15)11-13-5-3-2-4-6-13/h2-10,12H,11H2,1H3,(H,19,20). The highest BCUT2D eigenvalue weighted by Crippen LogP contribution is 2.20. The molecule has 4 heteroatoms. The summed E-state index contributed by atoms with van der Waals surface area (Å²) in [6.45, 7) is 0. The Morgan fingerprint density at radius 1 is 1.05 bits per heavy atom. The fourth-order valence-corrected chi connectivity index (χ4v) is 2.31. The minimum absolute atomic E-state index is 0.353. The van der Waals surface area contributed by atoms with Crippen LogP contribution in [-0.2, 0) is 11.2 Å². The third-order valence-electron chi connectivity index (χ3n) is 3.48. The predicted molar refractivity (Wildman–Crippen MR) is 84.6 cm³/mol. The van der Waals surface area contributed by atoms with Crippen LogP contribution in [0.15, 0.2) is 60.7 Å². The first-order chi connectivity index (χ1) is 10.8. The summed E-state index contributed by atoms with van der Waals surface area (Å²) in [6, 6.07) is 20.2. The smallest absolute Gasteiger partial charge is 0.356 e. The van der Waals surface area contributed by atoms with Crippen LogP contribution in [0.3, 0.4) is 0 Å². The molecule has 110 valence electrons. The van der Waals surface area contributed by atoms with Gasteiger partial charge < -0.3 is 4.74 Å². The van der Waals surface area contributed by atoms with Crippen LogP contribution in [0.5, 0.6) is 0 Å². The number of methoxy groups -OCH3 is 1. The number of nitrogens with one attached hydrogen (secondary N) is 1. The molecule has 0 saturated carbocycles. The number of rotatable bonds is 4. The van der Waals surface area contributed by atoms with Gasteiger partial charge in [0.15, 0.2) is 0 Å². The van der Waals surface area contributed by atoms with E-state index in [1.807, 2.05) is 30.3 Å². The average molecular weight is 292 g/mol. The van der Waals surface area contributed by atoms with E-state index in [1.54, 1.807) is 6.07 Å². The van der Waals surface area contributed by atoms with Gasteiger partial charge in [-0.3, -0.25) is 5.10 Å². The molecule has 0 spiro atoms. The molecule has 0 atom stereocenters. The largest absolute Gasteiger partial charge is 0.464 e. The van der Waals surface area contributed by atoms with Crippen LogP contribution in [0, 0.1) is 0 Å². The first kappa shape index (κ1) is 14.1. The van der Waals surface area contributed by atoms with E-state index in [4.69, 9.17) is 0 Å². The van der Waals surface area contributed by atoms with E-state index in [-0.39, 0.29) is 0 Å². The van der Waals surface area contributed by atoms with Crippen LogP contribution in [0.25, 0.3) is 11.3 Å². The first-order valence-electron chi connectivity index (χ1n) is 7.03. The van der Waals surface area contributed by atoms with E-state index in [0.29, 0.717) is 5.69 Å². The maximum absolute atomic E-state index is 11.4. The van der Waals surface area contributed by atoms with Crippen molar-refractivity contribution >= 4 is 5.97 Å². The molecule has 22 heavy (non-hydrogen) atoms. The molecule has 1 aromatic heterocycles. The van der Waals surface area contributed by atoms with E-state index in [9.17, 15) is 4.79 Å². The molecule has 0 fully saturated rings. The third kappa shape index (κ3) is 3.06. The van der Waals surface area contributed by atoms with Crippen LogP contribution < -0.4 is 0 Å². The summed E-state index contributed by atoms with van der Waals surface area (Å²) in [7, 11) is 1.35. The van der Waals surface area contributed by atoms with Gasteiger partial charge in [-0.05, 0) is 23.6 Å². The van der Waals surface area contributed by atoms with Crippen molar-refractivity contribution in [1.29, 1.82) is 0 Å². The number of hydrogen-bond donors (Lipinski definition) is 1. The van der Waals surface area contributed by atoms with Crippen molar-refractivity contribution in [1.82, 2.24) is 10.2 Å². The van der Waals surface area contributed by atoms with E-state index in [1.165, 1.54) is 18.2 Å². The highest BCUT2D eigenvalue weighted by Gasteiger charge is 2.10. The van der Waals surface area contributed by atoms with Crippen molar-refractivity contribution in [3.8, 4) is 11.3 Å². The second-order valence-electron chi connectivity index (χ2n) is 5.02. The van der Waals surface area contributed by atoms with E-state index in [2.05, 4.69) is 39.2 Å². The Morgan fingerprint density at radius 2 is 1.73 bits per heavy atom. The van der Waals surface area contributed by atoms with Gasteiger partial charge in [-0.15, -0.1) is 0 Å². The van der Waals surface area contributed by atoms with E-state index < -0.39 is 5.97 Å². The van der Waals surface area contributed by atoms with Gasteiger partial charge in [0.2, 0.25) is 0 Å². The SMILES string of the molecule is COC(=O)c1cc(-c2ccc(Cc3ccccc3)cc2)n[nH]1. The highest BCUT2D eigenvalue weighted by atomic mass is 16.5. The van der Waals surface area contributed by atoms with Crippen LogP contribution >= 0.6 is 0 Å². The quantitative estimate of drug-likeness (QED) is 0.749. The summed E-state index contributed by atoms with van der Waals surface area (Å²) < 4.78 is 4.66. The molecule has 0 aliphatic heterocycles. The van der Waals surface area contributed by atoms with Crippen LogP contribution in [0.1, 0.15) is 21.6 Å². The van der Waals surface area contributed by atoms with Gasteiger partial charge in [-0.25, -0.2) is 4.79 Å². The molecule has 4 nitrogen and oxygen atoms in total. The Kier molecular flexibility index (Phi) is 4.01. The Labute approximate surface area is 128 Å². The van der Waals surface area contributed by atoms with Crippen LogP contribution in [0.2, 0.25) is 0 Å². The number of nitrogens with zero attached hydrogens (tertiary/aromatic N) is 1. The van der Waals surface area contributed by atoms with E-state index >= 15 is 0 Å². The average Bonchev–Trinajstić information content (AvgIpc) is 3.06. The molecule has 3 rings (SSSR count). The fourth-order valence-electron chi connectivity index (χ4n) is 2.31. The monoisotopic (exact) mass is 292 g/mol. The van der Waals surface area contributed by atoms with Gasteiger partial charge in [0, 0.05) is 5.56 Å². The summed E-state index contributed by atoms with van der Waals surface area (Å²) in [6.07, 6.45) is 0.898. The number of ether oxygens (including phenoxy) is 1. The predicted octanol–water partition coefficient (Wildman–Crippen LogP) is 3.45. The molecule has 2 aromatic carbocycles. The summed E-state index contributed by atoms with van der Waals surface area (Å²) in [5.74, 6) is -0.417. The molecule has 0 saturated heterocycles. The summed E-state index contributed by atoms with van der Waals surface area (Å²) in [4.78, 5) is 11.4. The van der Waals surface area contributed by atoms with E-state index in [0.717, 1.165) is 17.7 Å². The number of carbonyl (C=O) groups is 1. The zero-order chi connectivity index (χ0) is 15.4. The normalized spacial score (nSPS) is 10.4. The number of esters is 1. The molecule has 0 unspecified atom stereocenters. The van der Waals surface area contributed by atoms with Gasteiger partial charge in [0.1, 0.15) is 5.69 Å². The minimum Gasteiger partial charge on any atom is -0.464 e. The number of hydrogen-bond acceptors (Lipinski definition) is 3. The van der Waals surface area contributed by atoms with Crippen LogP contribution in [0.4, 0.5) is 0 Å². The maximum atomic E-state index is 11.4. The van der Waals surface area contributed by atoms with Gasteiger partial charge >= 0.3 is 5.97 Å². The molecule has 1 N–H and O–H groups in total. The second kappa shape index (κ2) is 6.26. The van der Waals surface area contributed by atoms with Crippen molar-refractivity contribution in [2.24, 2.45) is 0 Å². The van der Waals surface area contributed by atoms with Crippen molar-refractivity contribution in [2.45, 2.75) is 6.42 Å². The molecule has 0 amide bonds.